The third-order valence-electron chi connectivity index (χ3n) is 10.7. The molecule has 2 unspecified atom stereocenters. The summed E-state index contributed by atoms with van der Waals surface area (Å²) in [5, 5.41) is 22.8. The molecule has 3 fully saturated rings. The smallest absolute Gasteiger partial charge is 0.319 e. The van der Waals surface area contributed by atoms with E-state index in [1.807, 2.05) is 19.3 Å². The number of H-pyrrole nitrogens is 1. The van der Waals surface area contributed by atoms with Crippen molar-refractivity contribution in [3.8, 4) is 17.3 Å². The van der Waals surface area contributed by atoms with E-state index in [0.29, 0.717) is 32.1 Å². The first-order valence-electron chi connectivity index (χ1n) is 15.9. The van der Waals surface area contributed by atoms with E-state index in [1.54, 1.807) is 0 Å². The number of aromatic nitrogens is 5. The molecule has 3 aromatic heterocycles. The average Bonchev–Trinajstić information content (AvgIpc) is 3.70. The van der Waals surface area contributed by atoms with Gasteiger partial charge in [0.05, 0.1) is 39.5 Å². The Bertz CT molecular complexity index is 1970. The Hall–Kier alpha value is -3.89. The minimum Gasteiger partial charge on any atom is -0.461 e. The van der Waals surface area contributed by atoms with E-state index in [0.717, 1.165) is 88.6 Å². The van der Waals surface area contributed by atoms with Crippen molar-refractivity contribution in [3.63, 3.8) is 0 Å². The molecule has 0 amide bonds. The molecule has 0 saturated carbocycles. The second-order valence-electron chi connectivity index (χ2n) is 13.7. The highest BCUT2D eigenvalue weighted by Gasteiger charge is 2.49. The molecule has 0 radical (unpaired) electrons. The monoisotopic (exact) mass is 593 g/mol. The van der Waals surface area contributed by atoms with Gasteiger partial charge in [-0.1, -0.05) is 25.1 Å². The maximum absolute atomic E-state index is 14.6. The van der Waals surface area contributed by atoms with E-state index in [1.165, 1.54) is 10.9 Å². The standard InChI is InChI=1S/C34H36FN7O2/c1-19-22-7-3-6-20-12-25-23(15-37-40-25)28(27(20)22)30-26(19)29-24(14-36-30)31(41-10-4-8-33(2,43)17-41)39-32(38-29)44-18-34-9-5-11-42(34)16-21(35)13-34/h3,6-7,12,14-15,19,21,43H,4-5,8-11,13,16-18H2,1-2H3,(H,37,40)/t19?,21-,33-,34?/m1/s1. The van der Waals surface area contributed by atoms with Crippen LogP contribution in [0.1, 0.15) is 63.0 Å². The van der Waals surface area contributed by atoms with Crippen molar-refractivity contribution < 1.29 is 14.2 Å². The molecule has 9 rings (SSSR count). The number of benzene rings is 2. The van der Waals surface area contributed by atoms with Crippen molar-refractivity contribution in [2.24, 2.45) is 0 Å². The SMILES string of the molecule is CC1c2c(ncc3c(N4CCC[C@@](C)(O)C4)nc(OCC45CCCN4C[C@H](F)C5)nc23)-c2c3cn[nH]c3cc3cccc1c23. The first kappa shape index (κ1) is 26.5. The molecule has 44 heavy (non-hydrogen) atoms. The minimum atomic E-state index is -0.830. The number of pyridine rings is 1. The van der Waals surface area contributed by atoms with Crippen LogP contribution >= 0.6 is 0 Å². The Labute approximate surface area is 254 Å². The third kappa shape index (κ3) is 3.83. The molecule has 0 spiro atoms. The van der Waals surface area contributed by atoms with E-state index in [2.05, 4.69) is 51.2 Å². The molecule has 9 nitrogen and oxygen atoms in total. The van der Waals surface area contributed by atoms with Gasteiger partial charge in [-0.15, -0.1) is 0 Å². The van der Waals surface area contributed by atoms with Crippen molar-refractivity contribution >= 4 is 38.4 Å². The highest BCUT2D eigenvalue weighted by molar-refractivity contribution is 6.15. The number of anilines is 1. The predicted octanol–water partition coefficient (Wildman–Crippen LogP) is 5.49. The molecule has 4 atom stereocenters. The summed E-state index contributed by atoms with van der Waals surface area (Å²) in [6, 6.07) is 8.92. The van der Waals surface area contributed by atoms with Gasteiger partial charge < -0.3 is 14.7 Å². The lowest BCUT2D eigenvalue weighted by Crippen LogP contribution is -2.46. The minimum absolute atomic E-state index is 0.0212. The van der Waals surface area contributed by atoms with Crippen LogP contribution in [0.25, 0.3) is 43.8 Å². The number of nitrogens with one attached hydrogen (secondary N) is 1. The Balaban J connectivity index is 1.25. The number of halogens is 1. The molecule has 3 saturated heterocycles. The number of β-amino-alcohol motifs (C(OH)–C–C–N with tert-alkyl or cyclic N) is 1. The summed E-state index contributed by atoms with van der Waals surface area (Å²) in [6.07, 6.45) is 6.99. The Morgan fingerprint density at radius 2 is 2.02 bits per heavy atom. The van der Waals surface area contributed by atoms with Crippen molar-refractivity contribution in [3.05, 3.63) is 47.8 Å². The van der Waals surface area contributed by atoms with Gasteiger partial charge in [-0.25, -0.2) is 4.39 Å². The predicted molar refractivity (Wildman–Crippen MR) is 168 cm³/mol. The maximum Gasteiger partial charge on any atom is 0.319 e. The largest absolute Gasteiger partial charge is 0.461 e. The van der Waals surface area contributed by atoms with Crippen LogP contribution in [0.5, 0.6) is 6.01 Å². The van der Waals surface area contributed by atoms with Gasteiger partial charge >= 0.3 is 6.01 Å². The molecule has 3 aliphatic heterocycles. The number of aliphatic hydroxyl groups is 1. The summed E-state index contributed by atoms with van der Waals surface area (Å²) in [6.45, 7) is 7.08. The van der Waals surface area contributed by atoms with Crippen LogP contribution in [0.3, 0.4) is 0 Å². The normalized spacial score (nSPS) is 28.2. The molecule has 226 valence electrons. The summed E-state index contributed by atoms with van der Waals surface area (Å²) in [4.78, 5) is 19.7. The van der Waals surface area contributed by atoms with Gasteiger partial charge in [-0.3, -0.25) is 15.0 Å². The quantitative estimate of drug-likeness (QED) is 0.282. The molecule has 5 aromatic rings. The number of alkyl halides is 1. The van der Waals surface area contributed by atoms with Crippen LogP contribution in [0.15, 0.2) is 36.7 Å². The van der Waals surface area contributed by atoms with E-state index < -0.39 is 11.8 Å². The van der Waals surface area contributed by atoms with Crippen molar-refractivity contribution in [2.45, 2.75) is 69.2 Å². The lowest BCUT2D eigenvalue weighted by molar-refractivity contribution is 0.0447. The van der Waals surface area contributed by atoms with Crippen LogP contribution in [0.4, 0.5) is 10.2 Å². The van der Waals surface area contributed by atoms with Crippen LogP contribution < -0.4 is 9.64 Å². The number of nitrogens with zero attached hydrogens (tertiary/aromatic N) is 6. The summed E-state index contributed by atoms with van der Waals surface area (Å²) in [5.74, 6) is 0.751. The molecule has 2 aromatic carbocycles. The molecule has 4 aliphatic rings. The number of piperidine rings is 1. The lowest BCUT2D eigenvalue weighted by atomic mass is 9.78. The molecular formula is C34H36FN7O2. The molecule has 10 heteroatoms. The average molecular weight is 594 g/mol. The number of ether oxygens (including phenoxy) is 1. The Kier molecular flexibility index (Phi) is 5.61. The van der Waals surface area contributed by atoms with Crippen LogP contribution in [0, 0.1) is 0 Å². The van der Waals surface area contributed by atoms with E-state index in [4.69, 9.17) is 19.7 Å². The van der Waals surface area contributed by atoms with Crippen LogP contribution in [-0.4, -0.2) is 85.3 Å². The van der Waals surface area contributed by atoms with Gasteiger partial charge in [-0.2, -0.15) is 15.1 Å². The topological polar surface area (TPSA) is 103 Å². The van der Waals surface area contributed by atoms with Gasteiger partial charge in [0.25, 0.3) is 0 Å². The first-order chi connectivity index (χ1) is 21.3. The van der Waals surface area contributed by atoms with Gasteiger partial charge in [0.1, 0.15) is 18.6 Å². The zero-order valence-corrected chi connectivity index (χ0v) is 25.1. The second-order valence-corrected chi connectivity index (χ2v) is 13.7. The fourth-order valence-corrected chi connectivity index (χ4v) is 8.69. The number of hydrogen-bond donors (Lipinski definition) is 2. The van der Waals surface area contributed by atoms with Gasteiger partial charge in [0, 0.05) is 54.7 Å². The van der Waals surface area contributed by atoms with Gasteiger partial charge in [0.2, 0.25) is 0 Å². The Morgan fingerprint density at radius 3 is 2.91 bits per heavy atom. The van der Waals surface area contributed by atoms with Gasteiger partial charge in [0.15, 0.2) is 0 Å². The van der Waals surface area contributed by atoms with Crippen molar-refractivity contribution in [2.75, 3.05) is 37.7 Å². The van der Waals surface area contributed by atoms with E-state index >= 15 is 0 Å². The van der Waals surface area contributed by atoms with Crippen LogP contribution in [0.2, 0.25) is 0 Å². The summed E-state index contributed by atoms with van der Waals surface area (Å²) in [5.41, 5.74) is 4.89. The van der Waals surface area contributed by atoms with Crippen LogP contribution in [-0.2, 0) is 0 Å². The first-order valence-corrected chi connectivity index (χ1v) is 15.9. The van der Waals surface area contributed by atoms with Crippen molar-refractivity contribution in [1.29, 1.82) is 0 Å². The molecule has 6 heterocycles. The highest BCUT2D eigenvalue weighted by Crippen LogP contribution is 2.50. The zero-order chi connectivity index (χ0) is 29.8. The van der Waals surface area contributed by atoms with Crippen molar-refractivity contribution in [1.82, 2.24) is 30.0 Å². The number of aromatic amines is 1. The number of fused-ring (bicyclic) bond motifs is 7. The molecular weight excluding hydrogens is 557 g/mol. The second kappa shape index (κ2) is 9.31. The van der Waals surface area contributed by atoms with E-state index in [-0.39, 0.29) is 11.5 Å². The third-order valence-corrected chi connectivity index (χ3v) is 10.7. The number of rotatable bonds is 4. The highest BCUT2D eigenvalue weighted by atomic mass is 19.1. The summed E-state index contributed by atoms with van der Waals surface area (Å²) < 4.78 is 21.1. The fraction of sp³-hybridized carbons (Fsp3) is 0.471. The Morgan fingerprint density at radius 1 is 1.14 bits per heavy atom. The summed E-state index contributed by atoms with van der Waals surface area (Å²) in [7, 11) is 0. The molecule has 1 aliphatic carbocycles. The lowest BCUT2D eigenvalue weighted by Gasteiger charge is -2.38. The number of hydrogen-bond acceptors (Lipinski definition) is 8. The molecule has 2 N–H and O–H groups in total. The summed E-state index contributed by atoms with van der Waals surface area (Å²) >= 11 is 0. The fourth-order valence-electron chi connectivity index (χ4n) is 8.69. The van der Waals surface area contributed by atoms with Gasteiger partial charge in [-0.05, 0) is 61.6 Å². The van der Waals surface area contributed by atoms with E-state index in [9.17, 15) is 9.50 Å². The maximum atomic E-state index is 14.6. The zero-order valence-electron chi connectivity index (χ0n) is 25.1. The molecule has 0 bridgehead atoms.